The highest BCUT2D eigenvalue weighted by Crippen LogP contribution is 2.29. The minimum atomic E-state index is -0.120. The van der Waals surface area contributed by atoms with Gasteiger partial charge in [0.1, 0.15) is 11.0 Å². The number of rotatable bonds is 2. The molecule has 3 heterocycles. The van der Waals surface area contributed by atoms with Gasteiger partial charge >= 0.3 is 0 Å². The van der Waals surface area contributed by atoms with Crippen LogP contribution in [0.3, 0.4) is 0 Å². The van der Waals surface area contributed by atoms with Gasteiger partial charge in [0.2, 0.25) is 5.82 Å². The van der Waals surface area contributed by atoms with E-state index in [1.807, 2.05) is 13.8 Å². The number of nitrogens with zero attached hydrogens (tertiary/aromatic N) is 3. The fraction of sp³-hybridized carbons (Fsp3) is 0.545. The van der Waals surface area contributed by atoms with E-state index in [1.165, 1.54) is 0 Å². The van der Waals surface area contributed by atoms with Gasteiger partial charge in [-0.15, -0.1) is 11.3 Å². The Morgan fingerprint density at radius 3 is 2.89 bits per heavy atom. The Kier molecular flexibility index (Phi) is 3.11. The molecule has 0 spiro atoms. The Hall–Kier alpha value is -1.31. The summed E-state index contributed by atoms with van der Waals surface area (Å²) in [6.45, 7) is 6.18. The number of nitrogens with one attached hydrogen (secondary N) is 1. The van der Waals surface area contributed by atoms with Gasteiger partial charge in [0.05, 0.1) is 17.3 Å². The quantitative estimate of drug-likeness (QED) is 0.887. The molecule has 1 aliphatic heterocycles. The fourth-order valence-electron chi connectivity index (χ4n) is 1.92. The Morgan fingerprint density at radius 2 is 2.22 bits per heavy atom. The molecule has 1 N–H and O–H groups in total. The summed E-state index contributed by atoms with van der Waals surface area (Å²) in [7, 11) is 0. The van der Waals surface area contributed by atoms with Crippen molar-refractivity contribution in [1.29, 1.82) is 0 Å². The Bertz CT molecular complexity index is 545. The second-order valence-corrected chi connectivity index (χ2v) is 5.37. The van der Waals surface area contributed by atoms with E-state index in [2.05, 4.69) is 20.4 Å². The van der Waals surface area contributed by atoms with Crippen molar-refractivity contribution in [3.63, 3.8) is 0 Å². The molecule has 1 unspecified atom stereocenters. The van der Waals surface area contributed by atoms with Crippen LogP contribution in [0.25, 0.3) is 10.8 Å². The van der Waals surface area contributed by atoms with Crippen molar-refractivity contribution in [3.05, 3.63) is 16.5 Å². The zero-order valence-electron chi connectivity index (χ0n) is 10.3. The van der Waals surface area contributed by atoms with Gasteiger partial charge in [-0.05, 0) is 13.8 Å². The molecule has 0 amide bonds. The molecule has 1 fully saturated rings. The maximum absolute atomic E-state index is 5.59. The fourth-order valence-corrected chi connectivity index (χ4v) is 2.76. The van der Waals surface area contributed by atoms with E-state index in [0.717, 1.165) is 28.7 Å². The van der Waals surface area contributed by atoms with Crippen LogP contribution in [-0.4, -0.2) is 34.8 Å². The molecule has 7 heteroatoms. The predicted octanol–water partition coefficient (Wildman–Crippen LogP) is 1.47. The molecule has 18 heavy (non-hydrogen) atoms. The van der Waals surface area contributed by atoms with Gasteiger partial charge in [-0.1, -0.05) is 5.16 Å². The molecule has 0 saturated carbocycles. The molecule has 0 radical (unpaired) electrons. The number of thiazole rings is 1. The van der Waals surface area contributed by atoms with Crippen LogP contribution in [0.1, 0.15) is 22.6 Å². The Labute approximate surface area is 108 Å². The number of hydrogen-bond donors (Lipinski definition) is 1. The summed E-state index contributed by atoms with van der Waals surface area (Å²) in [6, 6.07) is 0. The maximum atomic E-state index is 5.59. The van der Waals surface area contributed by atoms with Crippen molar-refractivity contribution < 1.29 is 9.26 Å². The molecule has 1 aliphatic rings. The Balaban J connectivity index is 1.86. The zero-order valence-corrected chi connectivity index (χ0v) is 11.1. The minimum Gasteiger partial charge on any atom is -0.367 e. The van der Waals surface area contributed by atoms with Crippen LogP contribution in [-0.2, 0) is 4.74 Å². The summed E-state index contributed by atoms with van der Waals surface area (Å²) in [6.07, 6.45) is -0.120. The summed E-state index contributed by atoms with van der Waals surface area (Å²) in [5, 5.41) is 8.23. The third kappa shape index (κ3) is 2.16. The molecule has 0 aliphatic carbocycles. The van der Waals surface area contributed by atoms with E-state index >= 15 is 0 Å². The molecule has 1 saturated heterocycles. The van der Waals surface area contributed by atoms with Crippen LogP contribution < -0.4 is 5.32 Å². The van der Waals surface area contributed by atoms with Gasteiger partial charge in [0, 0.05) is 13.1 Å². The molecule has 0 aromatic carbocycles. The first-order chi connectivity index (χ1) is 8.74. The number of ether oxygens (including phenoxy) is 1. The van der Waals surface area contributed by atoms with Crippen LogP contribution in [0, 0.1) is 13.8 Å². The third-order valence-electron chi connectivity index (χ3n) is 2.76. The van der Waals surface area contributed by atoms with E-state index in [9.17, 15) is 0 Å². The smallest absolute Gasteiger partial charge is 0.270 e. The van der Waals surface area contributed by atoms with Crippen molar-refractivity contribution in [1.82, 2.24) is 20.4 Å². The number of aryl methyl sites for hydroxylation is 2. The largest absolute Gasteiger partial charge is 0.367 e. The van der Waals surface area contributed by atoms with Gasteiger partial charge < -0.3 is 14.6 Å². The summed E-state index contributed by atoms with van der Waals surface area (Å²) >= 11 is 1.56. The van der Waals surface area contributed by atoms with Crippen molar-refractivity contribution in [2.24, 2.45) is 0 Å². The third-order valence-corrected chi connectivity index (χ3v) is 3.82. The molecular formula is C11H14N4O2S. The molecule has 6 nitrogen and oxygen atoms in total. The predicted molar refractivity (Wildman–Crippen MR) is 66.4 cm³/mol. The van der Waals surface area contributed by atoms with Crippen LogP contribution in [0.4, 0.5) is 0 Å². The summed E-state index contributed by atoms with van der Waals surface area (Å²) < 4.78 is 10.9. The van der Waals surface area contributed by atoms with Crippen LogP contribution in [0.15, 0.2) is 4.52 Å². The lowest BCUT2D eigenvalue weighted by Gasteiger charge is -2.20. The molecule has 96 valence electrons. The summed E-state index contributed by atoms with van der Waals surface area (Å²) in [5.41, 5.74) is 0.926. The lowest BCUT2D eigenvalue weighted by Crippen LogP contribution is -2.33. The highest BCUT2D eigenvalue weighted by molar-refractivity contribution is 7.15. The SMILES string of the molecule is Cc1nc(C)c(-c2nc(C3CNCCO3)no2)s1. The summed E-state index contributed by atoms with van der Waals surface area (Å²) in [4.78, 5) is 9.70. The van der Waals surface area contributed by atoms with Gasteiger partial charge in [-0.3, -0.25) is 0 Å². The second-order valence-electron chi connectivity index (χ2n) is 4.17. The van der Waals surface area contributed by atoms with Gasteiger partial charge in [0.25, 0.3) is 5.89 Å². The minimum absolute atomic E-state index is 0.120. The van der Waals surface area contributed by atoms with Crippen molar-refractivity contribution >= 4 is 11.3 Å². The highest BCUT2D eigenvalue weighted by Gasteiger charge is 2.23. The number of aromatic nitrogens is 3. The number of hydrogen-bond acceptors (Lipinski definition) is 7. The molecule has 2 aromatic heterocycles. The average Bonchev–Trinajstić information content (AvgIpc) is 2.97. The molecule has 0 bridgehead atoms. The van der Waals surface area contributed by atoms with Crippen molar-refractivity contribution in [3.8, 4) is 10.8 Å². The van der Waals surface area contributed by atoms with E-state index in [0.29, 0.717) is 18.3 Å². The monoisotopic (exact) mass is 266 g/mol. The van der Waals surface area contributed by atoms with Gasteiger partial charge in [-0.25, -0.2) is 4.98 Å². The maximum Gasteiger partial charge on any atom is 0.270 e. The standard InChI is InChI=1S/C11H14N4O2S/c1-6-9(18-7(2)13-6)11-14-10(15-17-11)8-5-12-3-4-16-8/h8,12H,3-5H2,1-2H3. The average molecular weight is 266 g/mol. The lowest BCUT2D eigenvalue weighted by molar-refractivity contribution is 0.0208. The van der Waals surface area contributed by atoms with Gasteiger partial charge in [0.15, 0.2) is 0 Å². The first-order valence-electron chi connectivity index (χ1n) is 5.84. The first kappa shape index (κ1) is 11.8. The van der Waals surface area contributed by atoms with Crippen molar-refractivity contribution in [2.75, 3.05) is 19.7 Å². The van der Waals surface area contributed by atoms with Crippen LogP contribution >= 0.6 is 11.3 Å². The van der Waals surface area contributed by atoms with E-state index < -0.39 is 0 Å². The highest BCUT2D eigenvalue weighted by atomic mass is 32.1. The van der Waals surface area contributed by atoms with E-state index in [4.69, 9.17) is 9.26 Å². The Morgan fingerprint density at radius 1 is 1.33 bits per heavy atom. The molecule has 1 atom stereocenters. The lowest BCUT2D eigenvalue weighted by atomic mass is 10.3. The first-order valence-corrected chi connectivity index (χ1v) is 6.66. The second kappa shape index (κ2) is 4.75. The van der Waals surface area contributed by atoms with Crippen LogP contribution in [0.5, 0.6) is 0 Å². The molecule has 3 rings (SSSR count). The van der Waals surface area contributed by atoms with E-state index in [1.54, 1.807) is 11.3 Å². The van der Waals surface area contributed by atoms with E-state index in [-0.39, 0.29) is 6.10 Å². The topological polar surface area (TPSA) is 73.1 Å². The van der Waals surface area contributed by atoms with Crippen LogP contribution in [0.2, 0.25) is 0 Å². The molecule has 2 aromatic rings. The normalized spacial score (nSPS) is 20.2. The zero-order chi connectivity index (χ0) is 12.5. The number of morpholine rings is 1. The summed E-state index contributed by atoms with van der Waals surface area (Å²) in [5.74, 6) is 1.13. The van der Waals surface area contributed by atoms with Crippen molar-refractivity contribution in [2.45, 2.75) is 20.0 Å². The van der Waals surface area contributed by atoms with Gasteiger partial charge in [-0.2, -0.15) is 4.98 Å². The molecular weight excluding hydrogens is 252 g/mol.